The highest BCUT2D eigenvalue weighted by molar-refractivity contribution is 7.92. The van der Waals surface area contributed by atoms with Gasteiger partial charge in [0.2, 0.25) is 15.9 Å². The molecule has 0 aliphatic rings. The zero-order chi connectivity index (χ0) is 18.6. The maximum Gasteiger partial charge on any atom is 0.243 e. The lowest BCUT2D eigenvalue weighted by molar-refractivity contribution is -0.128. The second-order valence-electron chi connectivity index (χ2n) is 5.63. The van der Waals surface area contributed by atoms with Crippen molar-refractivity contribution >= 4 is 33.2 Å². The number of sulfonamides is 1. The Hall–Kier alpha value is -2.12. The number of anilines is 1. The zero-order valence-corrected chi connectivity index (χ0v) is 15.4. The van der Waals surface area contributed by atoms with Gasteiger partial charge in [0.1, 0.15) is 12.4 Å². The Morgan fingerprint density at radius 1 is 1.16 bits per heavy atom. The Bertz CT molecular complexity index is 856. The lowest BCUT2D eigenvalue weighted by Gasteiger charge is -2.25. The number of halogens is 2. The summed E-state index contributed by atoms with van der Waals surface area (Å²) in [5.41, 5.74) is 0.965. The van der Waals surface area contributed by atoms with E-state index >= 15 is 0 Å². The van der Waals surface area contributed by atoms with Crippen LogP contribution in [0.15, 0.2) is 48.5 Å². The number of nitrogens with zero attached hydrogens (tertiary/aromatic N) is 2. The molecule has 134 valence electrons. The van der Waals surface area contributed by atoms with Gasteiger partial charge < -0.3 is 4.90 Å². The van der Waals surface area contributed by atoms with E-state index in [1.807, 2.05) is 0 Å². The van der Waals surface area contributed by atoms with E-state index in [2.05, 4.69) is 0 Å². The molecule has 0 N–H and O–H groups in total. The number of rotatable bonds is 6. The van der Waals surface area contributed by atoms with Crippen LogP contribution in [-0.4, -0.2) is 39.1 Å². The first-order chi connectivity index (χ1) is 11.7. The maximum atomic E-state index is 13.4. The SMILES string of the molecule is CN(Cc1ccc(Cl)cc1)C(=O)CN(c1cccc(F)c1)S(C)(=O)=O. The molecule has 0 aliphatic carbocycles. The number of benzene rings is 2. The molecular weight excluding hydrogens is 367 g/mol. The molecule has 0 saturated heterocycles. The molecular formula is C17H18ClFN2O3S. The Labute approximate surface area is 151 Å². The van der Waals surface area contributed by atoms with Gasteiger partial charge in [0.05, 0.1) is 11.9 Å². The average Bonchev–Trinajstić information content (AvgIpc) is 2.53. The van der Waals surface area contributed by atoms with E-state index in [9.17, 15) is 17.6 Å². The Morgan fingerprint density at radius 2 is 1.80 bits per heavy atom. The molecule has 0 heterocycles. The van der Waals surface area contributed by atoms with Crippen LogP contribution >= 0.6 is 11.6 Å². The minimum atomic E-state index is -3.74. The van der Waals surface area contributed by atoms with Gasteiger partial charge in [0.25, 0.3) is 0 Å². The second kappa shape index (κ2) is 7.84. The summed E-state index contributed by atoms with van der Waals surface area (Å²) in [6.07, 6.45) is 0.977. The molecule has 0 unspecified atom stereocenters. The highest BCUT2D eigenvalue weighted by atomic mass is 35.5. The van der Waals surface area contributed by atoms with Crippen molar-refractivity contribution in [2.75, 3.05) is 24.2 Å². The van der Waals surface area contributed by atoms with Crippen molar-refractivity contribution in [3.05, 3.63) is 64.9 Å². The predicted molar refractivity (Wildman–Crippen MR) is 96.5 cm³/mol. The van der Waals surface area contributed by atoms with Gasteiger partial charge in [0, 0.05) is 18.6 Å². The number of amides is 1. The van der Waals surface area contributed by atoms with Crippen molar-refractivity contribution < 1.29 is 17.6 Å². The predicted octanol–water partition coefficient (Wildman–Crippen LogP) is 2.90. The van der Waals surface area contributed by atoms with Crippen LogP contribution in [0.1, 0.15) is 5.56 Å². The molecule has 2 aromatic rings. The molecule has 0 aliphatic heterocycles. The van der Waals surface area contributed by atoms with Gasteiger partial charge in [-0.2, -0.15) is 0 Å². The largest absolute Gasteiger partial charge is 0.340 e. The van der Waals surface area contributed by atoms with Crippen LogP contribution < -0.4 is 4.31 Å². The first-order valence-electron chi connectivity index (χ1n) is 7.38. The van der Waals surface area contributed by atoms with Gasteiger partial charge in [-0.3, -0.25) is 9.10 Å². The molecule has 0 saturated carbocycles. The number of carbonyl (C=O) groups is 1. The van der Waals surface area contributed by atoms with E-state index in [4.69, 9.17) is 11.6 Å². The molecule has 1 amide bonds. The fourth-order valence-electron chi connectivity index (χ4n) is 2.23. The quantitative estimate of drug-likeness (QED) is 0.769. The normalized spacial score (nSPS) is 11.2. The summed E-state index contributed by atoms with van der Waals surface area (Å²) in [7, 11) is -2.17. The summed E-state index contributed by atoms with van der Waals surface area (Å²) in [5, 5.41) is 0.590. The van der Waals surface area contributed by atoms with Gasteiger partial charge in [0.15, 0.2) is 0 Å². The Balaban J connectivity index is 2.15. The molecule has 5 nitrogen and oxygen atoms in total. The zero-order valence-electron chi connectivity index (χ0n) is 13.8. The van der Waals surface area contributed by atoms with Gasteiger partial charge in [-0.1, -0.05) is 29.8 Å². The topological polar surface area (TPSA) is 57.7 Å². The van der Waals surface area contributed by atoms with Crippen LogP contribution in [0.4, 0.5) is 10.1 Å². The molecule has 2 aromatic carbocycles. The van der Waals surface area contributed by atoms with Crippen LogP contribution in [0, 0.1) is 5.82 Å². The second-order valence-corrected chi connectivity index (χ2v) is 7.97. The van der Waals surface area contributed by atoms with E-state index in [-0.39, 0.29) is 5.69 Å². The third-order valence-electron chi connectivity index (χ3n) is 3.53. The molecule has 25 heavy (non-hydrogen) atoms. The van der Waals surface area contributed by atoms with Gasteiger partial charge in [-0.05, 0) is 35.9 Å². The summed E-state index contributed by atoms with van der Waals surface area (Å²) < 4.78 is 38.3. The van der Waals surface area contributed by atoms with Crippen LogP contribution in [-0.2, 0) is 21.4 Å². The smallest absolute Gasteiger partial charge is 0.243 e. The third-order valence-corrected chi connectivity index (χ3v) is 4.93. The van der Waals surface area contributed by atoms with E-state index < -0.39 is 28.3 Å². The van der Waals surface area contributed by atoms with Crippen molar-refractivity contribution in [3.63, 3.8) is 0 Å². The first kappa shape index (κ1) is 19.2. The molecule has 0 bridgehead atoms. The van der Waals surface area contributed by atoms with E-state index in [0.717, 1.165) is 22.2 Å². The molecule has 0 aromatic heterocycles. The molecule has 0 radical (unpaired) electrons. The number of hydrogen-bond acceptors (Lipinski definition) is 3. The number of carbonyl (C=O) groups excluding carboxylic acids is 1. The summed E-state index contributed by atoms with van der Waals surface area (Å²) in [5.74, 6) is -0.988. The third kappa shape index (κ3) is 5.44. The van der Waals surface area contributed by atoms with E-state index in [0.29, 0.717) is 11.6 Å². The molecule has 0 atom stereocenters. The van der Waals surface area contributed by atoms with Gasteiger partial charge in [-0.25, -0.2) is 12.8 Å². The molecule has 0 fully saturated rings. The molecule has 2 rings (SSSR count). The molecule has 8 heteroatoms. The van der Waals surface area contributed by atoms with Crippen LogP contribution in [0.5, 0.6) is 0 Å². The summed E-state index contributed by atoms with van der Waals surface area (Å²) in [6, 6.07) is 12.1. The number of likely N-dealkylation sites (N-methyl/N-ethyl adjacent to an activating group) is 1. The minimum Gasteiger partial charge on any atom is -0.340 e. The highest BCUT2D eigenvalue weighted by Crippen LogP contribution is 2.19. The monoisotopic (exact) mass is 384 g/mol. The number of hydrogen-bond donors (Lipinski definition) is 0. The van der Waals surface area contributed by atoms with Crippen LogP contribution in [0.2, 0.25) is 5.02 Å². The lowest BCUT2D eigenvalue weighted by Crippen LogP contribution is -2.41. The molecule has 0 spiro atoms. The van der Waals surface area contributed by atoms with Crippen molar-refractivity contribution in [2.24, 2.45) is 0 Å². The van der Waals surface area contributed by atoms with Crippen molar-refractivity contribution in [1.29, 1.82) is 0 Å². The van der Waals surface area contributed by atoms with E-state index in [1.165, 1.54) is 23.1 Å². The van der Waals surface area contributed by atoms with Crippen molar-refractivity contribution in [3.8, 4) is 0 Å². The fourth-order valence-corrected chi connectivity index (χ4v) is 3.19. The lowest BCUT2D eigenvalue weighted by atomic mass is 10.2. The maximum absolute atomic E-state index is 13.4. The Morgan fingerprint density at radius 3 is 2.36 bits per heavy atom. The standard InChI is InChI=1S/C17H18ClFN2O3S/c1-20(11-13-6-8-14(18)9-7-13)17(22)12-21(25(2,23)24)16-5-3-4-15(19)10-16/h3-10H,11-12H2,1-2H3. The highest BCUT2D eigenvalue weighted by Gasteiger charge is 2.23. The summed E-state index contributed by atoms with van der Waals surface area (Å²) >= 11 is 5.83. The summed E-state index contributed by atoms with van der Waals surface area (Å²) in [6.45, 7) is -0.108. The first-order valence-corrected chi connectivity index (χ1v) is 9.61. The van der Waals surface area contributed by atoms with Crippen molar-refractivity contribution in [2.45, 2.75) is 6.54 Å². The van der Waals surface area contributed by atoms with Crippen LogP contribution in [0.3, 0.4) is 0 Å². The summed E-state index contributed by atoms with van der Waals surface area (Å²) in [4.78, 5) is 13.8. The van der Waals surface area contributed by atoms with Gasteiger partial charge >= 0.3 is 0 Å². The average molecular weight is 385 g/mol. The van der Waals surface area contributed by atoms with Crippen molar-refractivity contribution in [1.82, 2.24) is 4.90 Å². The fraction of sp³-hybridized carbons (Fsp3) is 0.235. The van der Waals surface area contributed by atoms with Crippen LogP contribution in [0.25, 0.3) is 0 Å². The minimum absolute atomic E-state index is 0.107. The van der Waals surface area contributed by atoms with Gasteiger partial charge in [-0.15, -0.1) is 0 Å². The van der Waals surface area contributed by atoms with E-state index in [1.54, 1.807) is 31.3 Å². The Kier molecular flexibility index (Phi) is 6.02.